The first kappa shape index (κ1) is 26.0. The van der Waals surface area contributed by atoms with E-state index in [1.165, 1.54) is 6.07 Å². The molecule has 3 aliphatic rings. The summed E-state index contributed by atoms with van der Waals surface area (Å²) in [5.41, 5.74) is 1.49. The van der Waals surface area contributed by atoms with Crippen molar-refractivity contribution in [3.63, 3.8) is 0 Å². The van der Waals surface area contributed by atoms with E-state index >= 15 is 0 Å². The molecule has 0 aliphatic heterocycles. The van der Waals surface area contributed by atoms with E-state index in [2.05, 4.69) is 4.98 Å². The summed E-state index contributed by atoms with van der Waals surface area (Å²) in [5.74, 6) is -1.69. The predicted octanol–water partition coefficient (Wildman–Crippen LogP) is 4.74. The molecule has 6 rings (SSSR count). The zero-order valence-electron chi connectivity index (χ0n) is 20.7. The molecule has 0 radical (unpaired) electrons. The maximum absolute atomic E-state index is 14.8. The van der Waals surface area contributed by atoms with Crippen LogP contribution in [0.3, 0.4) is 0 Å². The van der Waals surface area contributed by atoms with Crippen LogP contribution in [0, 0.1) is 29.4 Å². The molecule has 2 fully saturated rings. The van der Waals surface area contributed by atoms with E-state index in [1.807, 2.05) is 0 Å². The lowest BCUT2D eigenvalue weighted by Gasteiger charge is -2.42. The predicted molar refractivity (Wildman–Crippen MR) is 137 cm³/mol. The van der Waals surface area contributed by atoms with Crippen molar-refractivity contribution in [2.24, 2.45) is 17.8 Å². The Morgan fingerprint density at radius 2 is 1.90 bits per heavy atom. The van der Waals surface area contributed by atoms with Gasteiger partial charge in [0.15, 0.2) is 0 Å². The topological polar surface area (TPSA) is 109 Å². The third-order valence-electron chi connectivity index (χ3n) is 8.13. The summed E-state index contributed by atoms with van der Waals surface area (Å²) in [6, 6.07) is 8.71. The Morgan fingerprint density at radius 3 is 2.62 bits per heavy atom. The van der Waals surface area contributed by atoms with E-state index in [4.69, 9.17) is 26.2 Å². The number of rotatable bonds is 9. The Labute approximate surface area is 228 Å². The molecular weight excluding hydrogens is 532 g/mol. The summed E-state index contributed by atoms with van der Waals surface area (Å²) < 4.78 is 40.9. The van der Waals surface area contributed by atoms with Gasteiger partial charge in [-0.25, -0.2) is 13.8 Å². The van der Waals surface area contributed by atoms with Crippen LogP contribution in [-0.4, -0.2) is 45.1 Å². The van der Waals surface area contributed by atoms with Gasteiger partial charge in [-0.2, -0.15) is 0 Å². The van der Waals surface area contributed by atoms with Crippen LogP contribution in [0.2, 0.25) is 5.02 Å². The van der Waals surface area contributed by atoms with Gasteiger partial charge in [-0.3, -0.25) is 4.79 Å². The number of pyridine rings is 1. The fourth-order valence-electron chi connectivity index (χ4n) is 6.03. The van der Waals surface area contributed by atoms with Crippen molar-refractivity contribution < 1.29 is 38.4 Å². The maximum atomic E-state index is 14.8. The second-order valence-electron chi connectivity index (χ2n) is 10.8. The average Bonchev–Trinajstić information content (AvgIpc) is 3.48. The van der Waals surface area contributed by atoms with Crippen molar-refractivity contribution in [1.82, 2.24) is 4.98 Å². The summed E-state index contributed by atoms with van der Waals surface area (Å²) in [4.78, 5) is 15.6. The number of carboxylic acids is 1. The lowest BCUT2D eigenvalue weighted by atomic mass is 9.72. The molecule has 0 spiro atoms. The van der Waals surface area contributed by atoms with Crippen LogP contribution in [-0.2, 0) is 17.8 Å². The monoisotopic (exact) mass is 557 g/mol. The van der Waals surface area contributed by atoms with Gasteiger partial charge in [0.1, 0.15) is 24.0 Å². The average molecular weight is 558 g/mol. The molecule has 2 saturated carbocycles. The summed E-state index contributed by atoms with van der Waals surface area (Å²) in [7, 11) is 0. The lowest BCUT2D eigenvalue weighted by molar-refractivity contribution is -0.139. The third kappa shape index (κ3) is 4.83. The van der Waals surface area contributed by atoms with E-state index in [0.29, 0.717) is 37.2 Å². The minimum Gasteiger partial charge on any atom is -0.493 e. The van der Waals surface area contributed by atoms with Gasteiger partial charge in [0.25, 0.3) is 0 Å². The van der Waals surface area contributed by atoms with Gasteiger partial charge in [-0.05, 0) is 66.5 Å². The van der Waals surface area contributed by atoms with Gasteiger partial charge in [-0.1, -0.05) is 11.6 Å². The molecule has 0 saturated heterocycles. The van der Waals surface area contributed by atoms with Crippen molar-refractivity contribution in [3.8, 4) is 22.8 Å². The fraction of sp³-hybridized carbons (Fsp3) is 0.379. The van der Waals surface area contributed by atoms with Crippen LogP contribution < -0.4 is 9.47 Å². The molecule has 0 bridgehead atoms. The molecular formula is C29H26ClF2NO6. The zero-order chi connectivity index (χ0) is 27.5. The molecule has 1 heterocycles. The number of hydrogen-bond donors (Lipinski definition) is 3. The second kappa shape index (κ2) is 9.73. The Hall–Kier alpha value is -3.27. The Balaban J connectivity index is 1.13. The Bertz CT molecular complexity index is 1460. The Morgan fingerprint density at radius 1 is 1.10 bits per heavy atom. The number of aliphatic hydroxyl groups excluding tert-OH is 1. The quantitative estimate of drug-likeness (QED) is 0.349. The van der Waals surface area contributed by atoms with Crippen LogP contribution in [0.1, 0.15) is 35.4 Å². The number of fused-ring (bicyclic) bond motifs is 3. The van der Waals surface area contributed by atoms with Gasteiger partial charge in [0, 0.05) is 40.9 Å². The number of benzene rings is 2. The largest absolute Gasteiger partial charge is 0.493 e. The first-order valence-corrected chi connectivity index (χ1v) is 13.1. The summed E-state index contributed by atoms with van der Waals surface area (Å²) in [6.07, 6.45) is 3.18. The molecule has 3 atom stereocenters. The first-order chi connectivity index (χ1) is 18.7. The number of ether oxygens (including phenoxy) is 2. The van der Waals surface area contributed by atoms with Crippen LogP contribution in [0.4, 0.5) is 8.78 Å². The minimum atomic E-state index is -1.03. The van der Waals surface area contributed by atoms with Crippen LogP contribution in [0.15, 0.2) is 42.6 Å². The highest BCUT2D eigenvalue weighted by molar-refractivity contribution is 6.33. The van der Waals surface area contributed by atoms with Gasteiger partial charge in [0.2, 0.25) is 5.88 Å². The number of nitrogens with zero attached hydrogens (tertiary/aromatic N) is 1. The van der Waals surface area contributed by atoms with Crippen molar-refractivity contribution in [2.75, 3.05) is 13.2 Å². The van der Waals surface area contributed by atoms with Crippen molar-refractivity contribution >= 4 is 17.6 Å². The first-order valence-electron chi connectivity index (χ1n) is 12.7. The van der Waals surface area contributed by atoms with Gasteiger partial charge < -0.3 is 24.8 Å². The number of halogens is 3. The number of aliphatic carboxylic acids is 1. The highest BCUT2D eigenvalue weighted by atomic mass is 35.5. The number of aromatic nitrogens is 1. The lowest BCUT2D eigenvalue weighted by Crippen LogP contribution is -2.48. The van der Waals surface area contributed by atoms with Crippen LogP contribution >= 0.6 is 11.6 Å². The molecule has 7 nitrogen and oxygen atoms in total. The van der Waals surface area contributed by atoms with E-state index in [1.54, 1.807) is 30.5 Å². The second-order valence-corrected chi connectivity index (χ2v) is 11.2. The van der Waals surface area contributed by atoms with Crippen molar-refractivity contribution in [2.45, 2.75) is 37.4 Å². The van der Waals surface area contributed by atoms with Crippen LogP contribution in [0.5, 0.6) is 11.6 Å². The molecule has 39 heavy (non-hydrogen) atoms. The summed E-state index contributed by atoms with van der Waals surface area (Å²) >= 11 is 6.44. The molecule has 0 amide bonds. The summed E-state index contributed by atoms with van der Waals surface area (Å²) in [6.45, 7) is -0.113. The van der Waals surface area contributed by atoms with Crippen LogP contribution in [0.25, 0.3) is 11.1 Å². The third-order valence-corrected chi connectivity index (χ3v) is 8.44. The molecule has 0 unspecified atom stereocenters. The number of carboxylic acid groups (broad SMARTS) is 1. The molecule has 204 valence electrons. The molecule has 2 aromatic carbocycles. The van der Waals surface area contributed by atoms with E-state index in [0.717, 1.165) is 17.2 Å². The minimum absolute atomic E-state index is 0.00200. The smallest absolute Gasteiger partial charge is 0.307 e. The van der Waals surface area contributed by atoms with Crippen molar-refractivity contribution in [3.05, 3.63) is 75.9 Å². The van der Waals surface area contributed by atoms with Gasteiger partial charge in [0.05, 0.1) is 29.8 Å². The highest BCUT2D eigenvalue weighted by Crippen LogP contribution is 2.61. The van der Waals surface area contributed by atoms with Gasteiger partial charge >= 0.3 is 5.97 Å². The number of aliphatic hydroxyl groups is 2. The van der Waals surface area contributed by atoms with E-state index in [-0.39, 0.29) is 58.9 Å². The van der Waals surface area contributed by atoms with Gasteiger partial charge in [-0.15, -0.1) is 0 Å². The fourth-order valence-corrected chi connectivity index (χ4v) is 6.30. The standard InChI is InChI=1S/C29H26ClF2NO6/c30-22-6-17(38-11-14-8-29(37,9-14)13-34)1-2-18(22)19-4-16(23(31)7-24(19)32)12-39-25-5-15-3-20-26(21(15)10-33-25)27(20)28(35)36/h1-2,4-7,10,14,20,26-27,34,37H,3,8-9,11-13H2,(H,35,36)/t14-,20-,26-,27+,29+/m1/s1. The maximum Gasteiger partial charge on any atom is 0.307 e. The highest BCUT2D eigenvalue weighted by Gasteiger charge is 2.60. The van der Waals surface area contributed by atoms with E-state index < -0.39 is 23.2 Å². The zero-order valence-corrected chi connectivity index (χ0v) is 21.5. The summed E-state index contributed by atoms with van der Waals surface area (Å²) in [5, 5.41) is 28.6. The molecule has 10 heteroatoms. The SMILES string of the molecule is O=C(O)[C@H]1[C@@H]2Cc3cc(OCc4cc(-c5ccc(OC[C@H]6C[C@](O)(CO)C6)cc5Cl)c(F)cc4F)ncc3[C@@H]21. The van der Waals surface area contributed by atoms with Crippen molar-refractivity contribution in [1.29, 1.82) is 0 Å². The molecule has 1 aromatic heterocycles. The number of hydrogen-bond acceptors (Lipinski definition) is 6. The Kier molecular flexibility index (Phi) is 6.48. The normalized spacial score (nSPS) is 26.4. The molecule has 3 aromatic rings. The number of carbonyl (C=O) groups is 1. The molecule has 3 aliphatic carbocycles. The molecule has 3 N–H and O–H groups in total. The van der Waals surface area contributed by atoms with E-state index in [9.17, 15) is 23.8 Å².